The minimum absolute atomic E-state index is 0.0274. The van der Waals surface area contributed by atoms with Crippen molar-refractivity contribution in [1.29, 1.82) is 0 Å². The zero-order valence-electron chi connectivity index (χ0n) is 10.3. The van der Waals surface area contributed by atoms with E-state index in [2.05, 4.69) is 5.32 Å². The van der Waals surface area contributed by atoms with Gasteiger partial charge >= 0.3 is 0 Å². The number of aliphatic hydroxyl groups is 1. The first-order chi connectivity index (χ1) is 8.17. The first-order valence-corrected chi connectivity index (χ1v) is 5.81. The lowest BCUT2D eigenvalue weighted by molar-refractivity contribution is -0.116. The molecule has 0 unspecified atom stereocenters. The maximum absolute atomic E-state index is 11.5. The largest absolute Gasteiger partial charge is 0.492 e. The van der Waals surface area contributed by atoms with Gasteiger partial charge in [0.25, 0.3) is 0 Å². The Kier molecular flexibility index (Phi) is 5.49. The molecular formula is C13H19NO3. The number of benzene rings is 1. The van der Waals surface area contributed by atoms with Crippen molar-refractivity contribution >= 4 is 11.6 Å². The van der Waals surface area contributed by atoms with Gasteiger partial charge in [-0.05, 0) is 38.0 Å². The second-order valence-electron chi connectivity index (χ2n) is 3.81. The summed E-state index contributed by atoms with van der Waals surface area (Å²) in [6.45, 7) is 4.46. The molecule has 94 valence electrons. The maximum Gasteiger partial charge on any atom is 0.224 e. The van der Waals surface area contributed by atoms with Crippen LogP contribution in [0.5, 0.6) is 5.75 Å². The molecule has 0 aliphatic carbocycles. The second kappa shape index (κ2) is 6.91. The first kappa shape index (κ1) is 13.5. The number of hydrogen-bond acceptors (Lipinski definition) is 3. The molecule has 0 bridgehead atoms. The topological polar surface area (TPSA) is 58.6 Å². The van der Waals surface area contributed by atoms with Gasteiger partial charge in [-0.25, -0.2) is 0 Å². The highest BCUT2D eigenvalue weighted by molar-refractivity contribution is 5.92. The van der Waals surface area contributed by atoms with Gasteiger partial charge in [-0.2, -0.15) is 0 Å². The van der Waals surface area contributed by atoms with Crippen molar-refractivity contribution in [2.75, 3.05) is 18.5 Å². The highest BCUT2D eigenvalue weighted by Gasteiger charge is 2.07. The van der Waals surface area contributed by atoms with E-state index in [0.717, 1.165) is 5.56 Å². The lowest BCUT2D eigenvalue weighted by Crippen LogP contribution is -2.13. The van der Waals surface area contributed by atoms with E-state index in [1.54, 1.807) is 0 Å². The van der Waals surface area contributed by atoms with Gasteiger partial charge < -0.3 is 15.2 Å². The molecule has 0 saturated heterocycles. The third-order valence-electron chi connectivity index (χ3n) is 2.27. The average Bonchev–Trinajstić information content (AvgIpc) is 2.30. The Morgan fingerprint density at radius 2 is 2.24 bits per heavy atom. The summed E-state index contributed by atoms with van der Waals surface area (Å²) < 4.78 is 5.46. The van der Waals surface area contributed by atoms with Crippen molar-refractivity contribution < 1.29 is 14.6 Å². The molecule has 4 nitrogen and oxygen atoms in total. The van der Waals surface area contributed by atoms with Crippen molar-refractivity contribution in [3.8, 4) is 5.75 Å². The summed E-state index contributed by atoms with van der Waals surface area (Å²) >= 11 is 0. The van der Waals surface area contributed by atoms with Gasteiger partial charge in [0.2, 0.25) is 5.91 Å². The number of rotatable bonds is 6. The minimum atomic E-state index is -0.108. The number of amides is 1. The molecule has 4 heteroatoms. The SMILES string of the molecule is CCOc1cc(C)ccc1NC(=O)CCCO. The van der Waals surface area contributed by atoms with E-state index in [0.29, 0.717) is 30.9 Å². The fourth-order valence-electron chi connectivity index (χ4n) is 1.46. The van der Waals surface area contributed by atoms with Gasteiger partial charge in [0.15, 0.2) is 0 Å². The average molecular weight is 237 g/mol. The van der Waals surface area contributed by atoms with Crippen molar-refractivity contribution in [2.24, 2.45) is 0 Å². The molecule has 0 fully saturated rings. The van der Waals surface area contributed by atoms with E-state index < -0.39 is 0 Å². The molecule has 0 aliphatic rings. The Balaban J connectivity index is 2.72. The van der Waals surface area contributed by atoms with E-state index in [4.69, 9.17) is 9.84 Å². The maximum atomic E-state index is 11.5. The van der Waals surface area contributed by atoms with Crippen molar-refractivity contribution in [1.82, 2.24) is 0 Å². The summed E-state index contributed by atoms with van der Waals surface area (Å²) in [5.41, 5.74) is 1.77. The van der Waals surface area contributed by atoms with Crippen LogP contribution in [0.25, 0.3) is 0 Å². The molecule has 1 amide bonds. The molecule has 0 radical (unpaired) electrons. The fourth-order valence-corrected chi connectivity index (χ4v) is 1.46. The van der Waals surface area contributed by atoms with Crippen LogP contribution in [0, 0.1) is 6.92 Å². The van der Waals surface area contributed by atoms with Crippen LogP contribution < -0.4 is 10.1 Å². The number of ether oxygens (including phenoxy) is 1. The van der Waals surface area contributed by atoms with Gasteiger partial charge in [0.1, 0.15) is 5.75 Å². The third kappa shape index (κ3) is 4.44. The monoisotopic (exact) mass is 237 g/mol. The Bertz CT molecular complexity index is 377. The summed E-state index contributed by atoms with van der Waals surface area (Å²) in [5.74, 6) is 0.578. The van der Waals surface area contributed by atoms with Crippen molar-refractivity contribution in [3.63, 3.8) is 0 Å². The molecule has 1 rings (SSSR count). The Hall–Kier alpha value is -1.55. The lowest BCUT2D eigenvalue weighted by Gasteiger charge is -2.12. The summed E-state index contributed by atoms with van der Waals surface area (Å²) in [6.07, 6.45) is 0.789. The molecule has 1 aromatic carbocycles. The van der Waals surface area contributed by atoms with Crippen molar-refractivity contribution in [3.05, 3.63) is 23.8 Å². The summed E-state index contributed by atoms with van der Waals surface area (Å²) in [4.78, 5) is 11.5. The van der Waals surface area contributed by atoms with Crippen LogP contribution in [-0.4, -0.2) is 24.2 Å². The van der Waals surface area contributed by atoms with E-state index >= 15 is 0 Å². The van der Waals surface area contributed by atoms with E-state index in [1.807, 2.05) is 32.0 Å². The number of carbonyl (C=O) groups excluding carboxylic acids is 1. The quantitative estimate of drug-likeness (QED) is 0.796. The van der Waals surface area contributed by atoms with Crippen molar-refractivity contribution in [2.45, 2.75) is 26.7 Å². The van der Waals surface area contributed by atoms with Crippen LogP contribution in [0.3, 0.4) is 0 Å². The second-order valence-corrected chi connectivity index (χ2v) is 3.81. The molecule has 0 aromatic heterocycles. The Morgan fingerprint density at radius 3 is 2.88 bits per heavy atom. The van der Waals surface area contributed by atoms with Crippen LogP contribution in [0.1, 0.15) is 25.3 Å². The summed E-state index contributed by atoms with van der Waals surface area (Å²) in [7, 11) is 0. The minimum Gasteiger partial charge on any atom is -0.492 e. The highest BCUT2D eigenvalue weighted by Crippen LogP contribution is 2.25. The van der Waals surface area contributed by atoms with E-state index in [-0.39, 0.29) is 12.5 Å². The predicted octanol–water partition coefficient (Wildman–Crippen LogP) is 2.10. The van der Waals surface area contributed by atoms with Crippen LogP contribution in [0.15, 0.2) is 18.2 Å². The molecule has 0 aliphatic heterocycles. The third-order valence-corrected chi connectivity index (χ3v) is 2.27. The predicted molar refractivity (Wildman–Crippen MR) is 67.3 cm³/mol. The Morgan fingerprint density at radius 1 is 1.47 bits per heavy atom. The Labute approximate surface area is 102 Å². The highest BCUT2D eigenvalue weighted by atomic mass is 16.5. The number of carbonyl (C=O) groups is 1. The number of aryl methyl sites for hydroxylation is 1. The van der Waals surface area contributed by atoms with Gasteiger partial charge in [-0.1, -0.05) is 6.07 Å². The lowest BCUT2D eigenvalue weighted by atomic mass is 10.2. The standard InChI is InChI=1S/C13H19NO3/c1-3-17-12-9-10(2)6-7-11(12)14-13(16)5-4-8-15/h6-7,9,15H,3-5,8H2,1-2H3,(H,14,16). The zero-order chi connectivity index (χ0) is 12.7. The van der Waals surface area contributed by atoms with E-state index in [1.165, 1.54) is 0 Å². The normalized spacial score (nSPS) is 10.1. The number of anilines is 1. The molecule has 17 heavy (non-hydrogen) atoms. The van der Waals surface area contributed by atoms with Crippen LogP contribution in [-0.2, 0) is 4.79 Å². The van der Waals surface area contributed by atoms with E-state index in [9.17, 15) is 4.79 Å². The van der Waals surface area contributed by atoms with Gasteiger partial charge in [-0.15, -0.1) is 0 Å². The summed E-state index contributed by atoms with van der Waals surface area (Å²) in [6, 6.07) is 5.65. The summed E-state index contributed by atoms with van der Waals surface area (Å²) in [5, 5.41) is 11.4. The number of aliphatic hydroxyl groups excluding tert-OH is 1. The first-order valence-electron chi connectivity index (χ1n) is 5.81. The fraction of sp³-hybridized carbons (Fsp3) is 0.462. The van der Waals surface area contributed by atoms with Gasteiger partial charge in [-0.3, -0.25) is 4.79 Å². The van der Waals surface area contributed by atoms with Crippen LogP contribution in [0.4, 0.5) is 5.69 Å². The molecular weight excluding hydrogens is 218 g/mol. The molecule has 0 heterocycles. The molecule has 2 N–H and O–H groups in total. The number of nitrogens with one attached hydrogen (secondary N) is 1. The van der Waals surface area contributed by atoms with Gasteiger partial charge in [0, 0.05) is 13.0 Å². The van der Waals surface area contributed by atoms with Crippen LogP contribution >= 0.6 is 0 Å². The molecule has 0 atom stereocenters. The van der Waals surface area contributed by atoms with Crippen LogP contribution in [0.2, 0.25) is 0 Å². The number of hydrogen-bond donors (Lipinski definition) is 2. The van der Waals surface area contributed by atoms with Gasteiger partial charge in [0.05, 0.1) is 12.3 Å². The smallest absolute Gasteiger partial charge is 0.224 e. The molecule has 0 spiro atoms. The molecule has 0 saturated carbocycles. The molecule has 1 aromatic rings. The zero-order valence-corrected chi connectivity index (χ0v) is 10.3.